The van der Waals surface area contributed by atoms with Gasteiger partial charge in [-0.05, 0) is 61.2 Å². The molecule has 3 rings (SSSR count). The smallest absolute Gasteiger partial charge is 0.207 e. The first-order valence-electron chi connectivity index (χ1n) is 9.97. The fourth-order valence-electron chi connectivity index (χ4n) is 3.55. The van der Waals surface area contributed by atoms with E-state index >= 15 is 0 Å². The van der Waals surface area contributed by atoms with Gasteiger partial charge >= 0.3 is 0 Å². The Balaban J connectivity index is 1.70. The molecule has 0 radical (unpaired) electrons. The summed E-state index contributed by atoms with van der Waals surface area (Å²) in [4.78, 5) is 0. The number of hydrogen-bond acceptors (Lipinski definition) is 5. The van der Waals surface area contributed by atoms with E-state index < -0.39 is 4.27 Å². The summed E-state index contributed by atoms with van der Waals surface area (Å²) in [6.45, 7) is 0. The highest BCUT2D eigenvalue weighted by Crippen LogP contribution is 2.43. The molecule has 0 bridgehead atoms. The molecule has 150 valence electrons. The lowest BCUT2D eigenvalue weighted by molar-refractivity contribution is 0.191. The van der Waals surface area contributed by atoms with Gasteiger partial charge in [-0.25, -0.2) is 0 Å². The van der Waals surface area contributed by atoms with Crippen LogP contribution in [0.4, 0.5) is 0 Å². The second-order valence-electron chi connectivity index (χ2n) is 6.96. The van der Waals surface area contributed by atoms with Crippen LogP contribution in [0.2, 0.25) is 0 Å². The predicted molar refractivity (Wildman–Crippen MR) is 122 cm³/mol. The van der Waals surface area contributed by atoms with E-state index in [1.807, 2.05) is 6.07 Å². The quantitative estimate of drug-likeness (QED) is 0.261. The van der Waals surface area contributed by atoms with Gasteiger partial charge in [0.2, 0.25) is 4.27 Å². The van der Waals surface area contributed by atoms with Crippen LogP contribution in [0.3, 0.4) is 0 Å². The minimum atomic E-state index is -0.665. The number of rotatable bonds is 7. The van der Waals surface area contributed by atoms with Crippen molar-refractivity contribution in [3.8, 4) is 0 Å². The van der Waals surface area contributed by atoms with Gasteiger partial charge < -0.3 is 9.94 Å². The Morgan fingerprint density at radius 2 is 1.86 bits per heavy atom. The predicted octanol–water partition coefficient (Wildman–Crippen LogP) is 5.99. The third-order valence-corrected chi connectivity index (χ3v) is 8.23. The molecule has 0 aliphatic carbocycles. The van der Waals surface area contributed by atoms with Crippen LogP contribution in [0, 0.1) is 0 Å². The topological polar surface area (TPSA) is 41.8 Å². The standard InChI is InChI=1S/C23H29NO2S2/c1-26-23(27-17-9-7-13-19-11-3-2-4-12-19)22(24-25)21-16-6-5-14-20(21)15-8-10-18-28-23/h2-6,11-12,14,16,25H,7-10,13,15,17-18H2,1H3/b24-22+. The first-order valence-corrected chi connectivity index (χ1v) is 11.9. The normalized spacial score (nSPS) is 21.5. The second kappa shape index (κ2) is 10.9. The lowest BCUT2D eigenvalue weighted by Gasteiger charge is -2.32. The van der Waals surface area contributed by atoms with Gasteiger partial charge in [0.15, 0.2) is 0 Å². The zero-order valence-electron chi connectivity index (χ0n) is 16.5. The molecule has 1 heterocycles. The average Bonchev–Trinajstić information content (AvgIpc) is 2.81. The number of nitrogens with zero attached hydrogens (tertiary/aromatic N) is 1. The van der Waals surface area contributed by atoms with Gasteiger partial charge in [-0.15, -0.1) is 23.5 Å². The molecule has 1 unspecified atom stereocenters. The zero-order chi connectivity index (χ0) is 19.7. The summed E-state index contributed by atoms with van der Waals surface area (Å²) in [5.41, 5.74) is 4.28. The molecule has 2 aromatic rings. The maximum atomic E-state index is 9.95. The van der Waals surface area contributed by atoms with E-state index in [2.05, 4.69) is 53.7 Å². The lowest BCUT2D eigenvalue weighted by atomic mass is 9.99. The second-order valence-corrected chi connectivity index (χ2v) is 9.76. The van der Waals surface area contributed by atoms with Crippen LogP contribution in [-0.2, 0) is 17.6 Å². The van der Waals surface area contributed by atoms with Crippen molar-refractivity contribution in [1.29, 1.82) is 0 Å². The van der Waals surface area contributed by atoms with E-state index in [-0.39, 0.29) is 0 Å². The number of oxime groups is 1. The van der Waals surface area contributed by atoms with E-state index in [9.17, 15) is 5.21 Å². The number of fused-ring (bicyclic) bond motifs is 1. The van der Waals surface area contributed by atoms with Crippen molar-refractivity contribution in [1.82, 2.24) is 0 Å². The highest BCUT2D eigenvalue weighted by molar-refractivity contribution is 8.19. The Hall–Kier alpha value is -1.43. The maximum Gasteiger partial charge on any atom is 0.207 e. The van der Waals surface area contributed by atoms with Crippen LogP contribution in [0.15, 0.2) is 59.8 Å². The summed E-state index contributed by atoms with van der Waals surface area (Å²) < 4.78 is 5.37. The molecule has 0 amide bonds. The molecule has 1 aliphatic rings. The highest BCUT2D eigenvalue weighted by Gasteiger charge is 2.40. The maximum absolute atomic E-state index is 9.95. The minimum Gasteiger partial charge on any atom is -0.410 e. The number of ether oxygens (including phenoxy) is 1. The van der Waals surface area contributed by atoms with Crippen LogP contribution in [0.5, 0.6) is 0 Å². The summed E-state index contributed by atoms with van der Waals surface area (Å²) in [7, 11) is 1.73. The molecular formula is C23H29NO2S2. The van der Waals surface area contributed by atoms with Gasteiger partial charge in [0.05, 0.1) is 0 Å². The van der Waals surface area contributed by atoms with Crippen molar-refractivity contribution in [3.63, 3.8) is 0 Å². The molecule has 1 N–H and O–H groups in total. The van der Waals surface area contributed by atoms with Crippen LogP contribution >= 0.6 is 23.5 Å². The summed E-state index contributed by atoms with van der Waals surface area (Å²) in [6, 6.07) is 18.9. The highest BCUT2D eigenvalue weighted by atomic mass is 32.2. The fourth-order valence-corrected chi connectivity index (χ4v) is 6.43. The van der Waals surface area contributed by atoms with Gasteiger partial charge in [-0.1, -0.05) is 59.8 Å². The van der Waals surface area contributed by atoms with E-state index in [0.29, 0.717) is 5.71 Å². The number of unbranched alkanes of at least 4 members (excludes halogenated alkanes) is 1. The summed E-state index contributed by atoms with van der Waals surface area (Å²) in [5.74, 6) is 1.97. The van der Waals surface area contributed by atoms with Crippen molar-refractivity contribution in [2.75, 3.05) is 18.6 Å². The van der Waals surface area contributed by atoms with Crippen LogP contribution in [0.25, 0.3) is 0 Å². The number of thioether (sulfide) groups is 2. The molecule has 0 saturated heterocycles. The van der Waals surface area contributed by atoms with Gasteiger partial charge in [-0.3, -0.25) is 0 Å². The number of benzene rings is 2. The van der Waals surface area contributed by atoms with Crippen molar-refractivity contribution >= 4 is 29.2 Å². The summed E-state index contributed by atoms with van der Waals surface area (Å²) in [6.07, 6.45) is 6.63. The molecule has 28 heavy (non-hydrogen) atoms. The van der Waals surface area contributed by atoms with Crippen LogP contribution in [-0.4, -0.2) is 33.8 Å². The molecule has 0 spiro atoms. The van der Waals surface area contributed by atoms with Crippen molar-refractivity contribution < 1.29 is 9.94 Å². The van der Waals surface area contributed by atoms with Crippen molar-refractivity contribution in [2.45, 2.75) is 42.8 Å². The third kappa shape index (κ3) is 5.34. The zero-order valence-corrected chi connectivity index (χ0v) is 18.1. The lowest BCUT2D eigenvalue weighted by Crippen LogP contribution is -2.36. The first kappa shape index (κ1) is 21.3. The largest absolute Gasteiger partial charge is 0.410 e. The molecule has 3 nitrogen and oxygen atoms in total. The van der Waals surface area contributed by atoms with E-state index in [1.54, 1.807) is 30.6 Å². The Bertz CT molecular complexity index is 766. The molecule has 0 aromatic heterocycles. The van der Waals surface area contributed by atoms with Crippen molar-refractivity contribution in [3.05, 3.63) is 71.3 Å². The number of hydrogen-bond donors (Lipinski definition) is 1. The molecule has 0 fully saturated rings. The van der Waals surface area contributed by atoms with Gasteiger partial charge in [0.25, 0.3) is 0 Å². The first-order chi connectivity index (χ1) is 13.8. The van der Waals surface area contributed by atoms with E-state index in [1.165, 1.54) is 11.1 Å². The Kier molecular flexibility index (Phi) is 8.31. The SMILES string of the molecule is COC1(SCCCCc2ccccc2)SCCCCc2ccccc2/C1=N\O. The molecule has 0 saturated carbocycles. The Morgan fingerprint density at radius 3 is 2.64 bits per heavy atom. The number of methoxy groups -OCH3 is 1. The van der Waals surface area contributed by atoms with Gasteiger partial charge in [-0.2, -0.15) is 0 Å². The van der Waals surface area contributed by atoms with E-state index in [4.69, 9.17) is 4.74 Å². The monoisotopic (exact) mass is 415 g/mol. The molecular weight excluding hydrogens is 386 g/mol. The van der Waals surface area contributed by atoms with Gasteiger partial charge in [0.1, 0.15) is 5.71 Å². The van der Waals surface area contributed by atoms with Crippen molar-refractivity contribution in [2.24, 2.45) is 5.16 Å². The Morgan fingerprint density at radius 1 is 1.07 bits per heavy atom. The minimum absolute atomic E-state index is 0.644. The molecule has 5 heteroatoms. The average molecular weight is 416 g/mol. The Labute approximate surface area is 177 Å². The molecule has 1 aliphatic heterocycles. The molecule has 2 aromatic carbocycles. The van der Waals surface area contributed by atoms with Gasteiger partial charge in [0, 0.05) is 12.7 Å². The van der Waals surface area contributed by atoms with Crippen LogP contribution < -0.4 is 0 Å². The van der Waals surface area contributed by atoms with Crippen LogP contribution in [0.1, 0.15) is 42.4 Å². The summed E-state index contributed by atoms with van der Waals surface area (Å²) >= 11 is 3.52. The number of aryl methyl sites for hydroxylation is 2. The summed E-state index contributed by atoms with van der Waals surface area (Å²) in [5, 5.41) is 13.7. The molecule has 1 atom stereocenters. The third-order valence-electron chi connectivity index (χ3n) is 5.06. The van der Waals surface area contributed by atoms with E-state index in [0.717, 1.165) is 55.6 Å². The fraction of sp³-hybridized carbons (Fsp3) is 0.435.